The molecule has 0 spiro atoms. The van der Waals surface area contributed by atoms with Gasteiger partial charge in [0.1, 0.15) is 0 Å². The quantitative estimate of drug-likeness (QED) is 0.752. The number of nitrogens with zero attached hydrogens (tertiary/aromatic N) is 3. The highest BCUT2D eigenvalue weighted by atomic mass is 32.1. The molecule has 3 heterocycles. The molecule has 1 N–H and O–H groups in total. The van der Waals surface area contributed by atoms with Crippen molar-refractivity contribution in [1.29, 1.82) is 0 Å². The second-order valence-electron chi connectivity index (χ2n) is 3.70. The number of H-pyrrole nitrogens is 1. The highest BCUT2D eigenvalue weighted by molar-refractivity contribution is 7.71. The predicted molar refractivity (Wildman–Crippen MR) is 63.7 cm³/mol. The van der Waals surface area contributed by atoms with Crippen LogP contribution in [-0.4, -0.2) is 40.9 Å². The number of fused-ring (bicyclic) bond motifs is 1. The Hall–Kier alpha value is -1.40. The number of rotatable bonds is 1. The van der Waals surface area contributed by atoms with E-state index < -0.39 is 0 Å². The van der Waals surface area contributed by atoms with Gasteiger partial charge >= 0.3 is 0 Å². The maximum Gasteiger partial charge on any atom is 0.197 e. The van der Waals surface area contributed by atoms with Gasteiger partial charge in [-0.1, -0.05) is 0 Å². The Balaban J connectivity index is 2.14. The number of nitrogens with one attached hydrogen (secondary N) is 1. The third-order valence-electron chi connectivity index (χ3n) is 2.73. The van der Waals surface area contributed by atoms with Crippen LogP contribution in [0.2, 0.25) is 0 Å². The van der Waals surface area contributed by atoms with Crippen LogP contribution in [-0.2, 0) is 4.74 Å². The van der Waals surface area contributed by atoms with Crippen LogP contribution >= 0.6 is 12.2 Å². The Kier molecular flexibility index (Phi) is 2.37. The van der Waals surface area contributed by atoms with Crippen LogP contribution in [0, 0.1) is 4.77 Å². The molecule has 0 bridgehead atoms. The second kappa shape index (κ2) is 3.88. The highest BCUT2D eigenvalue weighted by Crippen LogP contribution is 2.13. The zero-order valence-corrected chi connectivity index (χ0v) is 9.54. The molecule has 1 saturated heterocycles. The standard InChI is InChI=1S/C10H12N4OS/c16-10-12-8-7-11-2-1-9(8)14(10)13-3-5-15-6-4-13/h1-2,7H,3-6H2,(H,12,16). The average molecular weight is 236 g/mol. The first kappa shape index (κ1) is 9.80. The molecule has 1 fully saturated rings. The van der Waals surface area contributed by atoms with Crippen LogP contribution in [0.5, 0.6) is 0 Å². The molecule has 0 saturated carbocycles. The van der Waals surface area contributed by atoms with Gasteiger partial charge in [-0.3, -0.25) is 4.98 Å². The zero-order valence-electron chi connectivity index (χ0n) is 8.72. The second-order valence-corrected chi connectivity index (χ2v) is 4.09. The average Bonchev–Trinajstić information content (AvgIpc) is 2.66. The molecule has 5 nitrogen and oxygen atoms in total. The molecule has 1 aliphatic heterocycles. The fourth-order valence-corrected chi connectivity index (χ4v) is 2.30. The SMILES string of the molecule is S=c1[nH]c2cnccc2n1N1CCOCC1. The van der Waals surface area contributed by atoms with Gasteiger partial charge in [0, 0.05) is 6.20 Å². The van der Waals surface area contributed by atoms with Gasteiger partial charge in [-0.2, -0.15) is 0 Å². The van der Waals surface area contributed by atoms with E-state index in [1.165, 1.54) is 0 Å². The fraction of sp³-hybridized carbons (Fsp3) is 0.400. The summed E-state index contributed by atoms with van der Waals surface area (Å²) >= 11 is 5.33. The van der Waals surface area contributed by atoms with Crippen LogP contribution in [0.15, 0.2) is 18.5 Å². The van der Waals surface area contributed by atoms with Crippen molar-refractivity contribution in [2.24, 2.45) is 0 Å². The predicted octanol–water partition coefficient (Wildman–Crippen LogP) is 1.06. The summed E-state index contributed by atoms with van der Waals surface area (Å²) < 4.78 is 8.09. The largest absolute Gasteiger partial charge is 0.378 e. The smallest absolute Gasteiger partial charge is 0.197 e. The van der Waals surface area contributed by atoms with Crippen molar-refractivity contribution in [3.8, 4) is 0 Å². The number of imidazole rings is 1. The van der Waals surface area contributed by atoms with Crippen molar-refractivity contribution >= 4 is 23.3 Å². The maximum absolute atomic E-state index is 5.34. The molecule has 0 aliphatic carbocycles. The molecule has 0 atom stereocenters. The van der Waals surface area contributed by atoms with Gasteiger partial charge < -0.3 is 14.7 Å². The van der Waals surface area contributed by atoms with E-state index >= 15 is 0 Å². The Labute approximate surface area is 97.6 Å². The molecular formula is C10H12N4OS. The van der Waals surface area contributed by atoms with Gasteiger partial charge in [0.15, 0.2) is 4.77 Å². The van der Waals surface area contributed by atoms with E-state index in [9.17, 15) is 0 Å². The number of aromatic nitrogens is 3. The molecule has 2 aromatic heterocycles. The summed E-state index contributed by atoms with van der Waals surface area (Å²) in [5.41, 5.74) is 2.04. The maximum atomic E-state index is 5.34. The Morgan fingerprint density at radius 1 is 1.38 bits per heavy atom. The summed E-state index contributed by atoms with van der Waals surface area (Å²) in [5.74, 6) is 0. The van der Waals surface area contributed by atoms with Crippen molar-refractivity contribution < 1.29 is 4.74 Å². The lowest BCUT2D eigenvalue weighted by Crippen LogP contribution is -2.43. The lowest BCUT2D eigenvalue weighted by atomic mass is 10.4. The molecule has 84 valence electrons. The van der Waals surface area contributed by atoms with Crippen molar-refractivity contribution in [2.75, 3.05) is 31.3 Å². The third-order valence-corrected chi connectivity index (χ3v) is 3.01. The summed E-state index contributed by atoms with van der Waals surface area (Å²) in [4.78, 5) is 7.24. The van der Waals surface area contributed by atoms with E-state index in [0.29, 0.717) is 4.77 Å². The van der Waals surface area contributed by atoms with E-state index in [4.69, 9.17) is 17.0 Å². The number of pyridine rings is 1. The van der Waals surface area contributed by atoms with Gasteiger partial charge in [-0.05, 0) is 18.3 Å². The highest BCUT2D eigenvalue weighted by Gasteiger charge is 2.14. The minimum absolute atomic E-state index is 0.713. The third kappa shape index (κ3) is 1.50. The number of ether oxygens (including phenoxy) is 1. The first-order chi connectivity index (χ1) is 7.86. The van der Waals surface area contributed by atoms with Crippen LogP contribution in [0.4, 0.5) is 0 Å². The van der Waals surface area contributed by atoms with Crippen LogP contribution in [0.1, 0.15) is 0 Å². The molecule has 3 rings (SSSR count). The number of hydrogen-bond acceptors (Lipinski definition) is 4. The van der Waals surface area contributed by atoms with E-state index in [-0.39, 0.29) is 0 Å². The molecule has 0 amide bonds. The first-order valence-corrected chi connectivity index (χ1v) is 5.65. The van der Waals surface area contributed by atoms with Crippen molar-refractivity contribution in [3.63, 3.8) is 0 Å². The molecular weight excluding hydrogens is 224 g/mol. The number of morpholine rings is 1. The molecule has 6 heteroatoms. The van der Waals surface area contributed by atoms with E-state index in [2.05, 4.69) is 15.0 Å². The summed E-state index contributed by atoms with van der Waals surface area (Å²) in [6, 6.07) is 1.97. The van der Waals surface area contributed by atoms with Crippen molar-refractivity contribution in [2.45, 2.75) is 0 Å². The Bertz CT molecular complexity index is 555. The van der Waals surface area contributed by atoms with Gasteiger partial charge in [0.2, 0.25) is 0 Å². The normalized spacial score (nSPS) is 16.9. The Morgan fingerprint density at radius 3 is 3.00 bits per heavy atom. The van der Waals surface area contributed by atoms with Gasteiger partial charge in [-0.25, -0.2) is 4.68 Å². The summed E-state index contributed by atoms with van der Waals surface area (Å²) in [6.45, 7) is 3.23. The molecule has 0 radical (unpaired) electrons. The summed E-state index contributed by atoms with van der Waals surface area (Å²) in [6.07, 6.45) is 3.57. The van der Waals surface area contributed by atoms with Crippen LogP contribution in [0.3, 0.4) is 0 Å². The number of aromatic amines is 1. The van der Waals surface area contributed by atoms with Gasteiger partial charge in [0.05, 0.1) is 43.5 Å². The van der Waals surface area contributed by atoms with Crippen molar-refractivity contribution in [3.05, 3.63) is 23.2 Å². The Morgan fingerprint density at radius 2 is 2.19 bits per heavy atom. The topological polar surface area (TPSA) is 46.1 Å². The van der Waals surface area contributed by atoms with Crippen LogP contribution < -0.4 is 5.01 Å². The van der Waals surface area contributed by atoms with Gasteiger partial charge in [-0.15, -0.1) is 0 Å². The van der Waals surface area contributed by atoms with Crippen molar-refractivity contribution in [1.82, 2.24) is 14.6 Å². The molecule has 1 aliphatic rings. The molecule has 2 aromatic rings. The van der Waals surface area contributed by atoms with Crippen LogP contribution in [0.25, 0.3) is 11.0 Å². The van der Waals surface area contributed by atoms with E-state index in [1.807, 2.05) is 10.7 Å². The van der Waals surface area contributed by atoms with E-state index in [0.717, 1.165) is 37.3 Å². The summed E-state index contributed by atoms with van der Waals surface area (Å²) in [5, 5.41) is 2.20. The monoisotopic (exact) mass is 236 g/mol. The van der Waals surface area contributed by atoms with Gasteiger partial charge in [0.25, 0.3) is 0 Å². The first-order valence-electron chi connectivity index (χ1n) is 5.24. The minimum atomic E-state index is 0.713. The molecule has 0 unspecified atom stereocenters. The number of hydrogen-bond donors (Lipinski definition) is 1. The van der Waals surface area contributed by atoms with E-state index in [1.54, 1.807) is 12.4 Å². The zero-order chi connectivity index (χ0) is 11.0. The lowest BCUT2D eigenvalue weighted by Gasteiger charge is -2.29. The lowest BCUT2D eigenvalue weighted by molar-refractivity contribution is 0.111. The molecule has 0 aromatic carbocycles. The summed E-state index contributed by atoms with van der Waals surface area (Å²) in [7, 11) is 0. The molecule has 16 heavy (non-hydrogen) atoms. The fourth-order valence-electron chi connectivity index (χ4n) is 1.98. The minimum Gasteiger partial charge on any atom is -0.378 e.